The molecule has 0 aliphatic heterocycles. The second kappa shape index (κ2) is 11.1. The molecular weight excluding hydrogens is 474 g/mol. The highest BCUT2D eigenvalue weighted by Crippen LogP contribution is 2.43. The summed E-state index contributed by atoms with van der Waals surface area (Å²) in [5, 5.41) is 17.5. The molecule has 0 saturated carbocycles. The summed E-state index contributed by atoms with van der Waals surface area (Å²) in [4.78, 5) is 8.88. The molecule has 0 fully saturated rings. The van der Waals surface area contributed by atoms with E-state index in [2.05, 4.69) is 102 Å². The van der Waals surface area contributed by atoms with Crippen molar-refractivity contribution >= 4 is 16.5 Å². The average Bonchev–Trinajstić information content (AvgIpc) is 3.37. The minimum atomic E-state index is -0.795. The third-order valence-corrected chi connectivity index (χ3v) is 7.70. The summed E-state index contributed by atoms with van der Waals surface area (Å²) < 4.78 is 0. The minimum absolute atomic E-state index is 0.00995. The van der Waals surface area contributed by atoms with Crippen molar-refractivity contribution in [2.45, 2.75) is 32.4 Å². The number of nitrogens with zero attached hydrogens (tertiary/aromatic N) is 2. The van der Waals surface area contributed by atoms with E-state index in [-0.39, 0.29) is 5.92 Å². The lowest BCUT2D eigenvalue weighted by molar-refractivity contribution is 0.0613. The lowest BCUT2D eigenvalue weighted by Gasteiger charge is -2.39. The number of hydrogen-bond acceptors (Lipinski definition) is 5. The minimum Gasteiger partial charge on any atom is -0.373 e. The van der Waals surface area contributed by atoms with Crippen molar-refractivity contribution in [1.82, 2.24) is 9.97 Å². The Morgan fingerprint density at radius 2 is 1.35 bits per heavy atom. The van der Waals surface area contributed by atoms with Gasteiger partial charge in [0.05, 0.1) is 5.69 Å². The number of rotatable bonds is 9. The van der Waals surface area contributed by atoms with Crippen molar-refractivity contribution in [2.24, 2.45) is 5.41 Å². The number of anilines is 1. The van der Waals surface area contributed by atoms with Crippen LogP contribution in [-0.2, 0) is 6.42 Å². The van der Waals surface area contributed by atoms with E-state index in [1.807, 2.05) is 36.7 Å². The van der Waals surface area contributed by atoms with Crippen LogP contribution >= 0.6 is 11.3 Å². The van der Waals surface area contributed by atoms with E-state index in [9.17, 15) is 5.11 Å². The van der Waals surface area contributed by atoms with E-state index in [1.165, 1.54) is 33.6 Å². The molecule has 5 aromatic rings. The highest BCUT2D eigenvalue weighted by atomic mass is 32.1. The summed E-state index contributed by atoms with van der Waals surface area (Å²) in [5.41, 5.74) is 6.35. The zero-order valence-electron chi connectivity index (χ0n) is 21.1. The fourth-order valence-corrected chi connectivity index (χ4v) is 5.56. The van der Waals surface area contributed by atoms with Crippen LogP contribution < -0.4 is 5.32 Å². The van der Waals surface area contributed by atoms with Gasteiger partial charge in [0, 0.05) is 35.5 Å². The van der Waals surface area contributed by atoms with Crippen molar-refractivity contribution < 1.29 is 5.11 Å². The van der Waals surface area contributed by atoms with Crippen LogP contribution in [0.1, 0.15) is 42.1 Å². The quantitative estimate of drug-likeness (QED) is 0.205. The molecule has 5 rings (SSSR count). The van der Waals surface area contributed by atoms with E-state index in [4.69, 9.17) is 4.98 Å². The number of thiazole rings is 1. The monoisotopic (exact) mass is 505 g/mol. The molecule has 1 atom stereocenters. The molecule has 0 radical (unpaired) electrons. The molecule has 0 aliphatic rings. The number of pyridine rings is 1. The van der Waals surface area contributed by atoms with Crippen LogP contribution in [-0.4, -0.2) is 21.3 Å². The van der Waals surface area contributed by atoms with Gasteiger partial charge in [0.25, 0.3) is 0 Å². The van der Waals surface area contributed by atoms with Crippen LogP contribution in [0, 0.1) is 5.41 Å². The largest absolute Gasteiger partial charge is 0.373 e. The molecule has 2 N–H and O–H groups in total. The Kier molecular flexibility index (Phi) is 7.45. The molecule has 0 amide bonds. The van der Waals surface area contributed by atoms with Crippen molar-refractivity contribution in [1.29, 1.82) is 0 Å². The Labute approximate surface area is 222 Å². The van der Waals surface area contributed by atoms with Crippen molar-refractivity contribution in [2.75, 3.05) is 5.32 Å². The summed E-state index contributed by atoms with van der Waals surface area (Å²) in [6.45, 7) is 4.21. The fourth-order valence-electron chi connectivity index (χ4n) is 4.83. The van der Waals surface area contributed by atoms with Gasteiger partial charge in [-0.15, -0.1) is 11.3 Å². The molecule has 5 heteroatoms. The van der Waals surface area contributed by atoms with E-state index in [1.54, 1.807) is 0 Å². The van der Waals surface area contributed by atoms with Crippen LogP contribution in [0.25, 0.3) is 11.1 Å². The van der Waals surface area contributed by atoms with Crippen LogP contribution in [0.4, 0.5) is 5.13 Å². The van der Waals surface area contributed by atoms with E-state index in [0.29, 0.717) is 0 Å². The summed E-state index contributed by atoms with van der Waals surface area (Å²) in [6.07, 6.45) is 3.57. The second-order valence-corrected chi connectivity index (χ2v) is 10.7. The van der Waals surface area contributed by atoms with Crippen molar-refractivity contribution in [3.8, 4) is 11.1 Å². The number of hydrogen-bond donors (Lipinski definition) is 2. The molecule has 0 spiro atoms. The lowest BCUT2D eigenvalue weighted by Crippen LogP contribution is -2.41. The molecule has 0 aliphatic carbocycles. The number of benzene rings is 3. The molecule has 2 aromatic heterocycles. The molecule has 0 saturated heterocycles. The SMILES string of the molecule is CC(C)(C(O)Nc1nc(Cc2ccc(-c3ccncc3)cc2)cs1)C(c1ccccc1)c1ccccc1. The van der Waals surface area contributed by atoms with Gasteiger partial charge in [-0.2, -0.15) is 0 Å². The highest BCUT2D eigenvalue weighted by Gasteiger charge is 2.39. The summed E-state index contributed by atoms with van der Waals surface area (Å²) in [5.74, 6) is 0.00995. The average molecular weight is 506 g/mol. The van der Waals surface area contributed by atoms with Crippen LogP contribution in [0.2, 0.25) is 0 Å². The maximum atomic E-state index is 11.4. The first-order valence-corrected chi connectivity index (χ1v) is 13.4. The maximum absolute atomic E-state index is 11.4. The molecule has 3 aromatic carbocycles. The van der Waals surface area contributed by atoms with E-state index in [0.717, 1.165) is 22.8 Å². The molecule has 0 bridgehead atoms. The van der Waals surface area contributed by atoms with E-state index >= 15 is 0 Å². The number of aromatic nitrogens is 2. The zero-order valence-corrected chi connectivity index (χ0v) is 21.9. The zero-order chi connectivity index (χ0) is 25.7. The lowest BCUT2D eigenvalue weighted by atomic mass is 9.70. The number of nitrogens with one attached hydrogen (secondary N) is 1. The van der Waals surface area contributed by atoms with Crippen molar-refractivity contribution in [3.05, 3.63) is 137 Å². The van der Waals surface area contributed by atoms with Gasteiger partial charge >= 0.3 is 0 Å². The Balaban J connectivity index is 1.30. The molecule has 186 valence electrons. The van der Waals surface area contributed by atoms with Gasteiger partial charge in [0.2, 0.25) is 0 Å². The number of aliphatic hydroxyl groups excluding tert-OH is 1. The van der Waals surface area contributed by atoms with Crippen LogP contribution in [0.15, 0.2) is 115 Å². The van der Waals surface area contributed by atoms with Crippen molar-refractivity contribution in [3.63, 3.8) is 0 Å². The molecule has 37 heavy (non-hydrogen) atoms. The van der Waals surface area contributed by atoms with Gasteiger partial charge in [0.15, 0.2) is 5.13 Å². The molecule has 2 heterocycles. The first-order valence-electron chi connectivity index (χ1n) is 12.5. The Bertz CT molecular complexity index is 1360. The van der Waals surface area contributed by atoms with Gasteiger partial charge in [-0.1, -0.05) is 98.8 Å². The Morgan fingerprint density at radius 3 is 1.95 bits per heavy atom. The molecule has 1 unspecified atom stereocenters. The first-order chi connectivity index (χ1) is 18.0. The third kappa shape index (κ3) is 5.79. The van der Waals surface area contributed by atoms with Crippen LogP contribution in [0.5, 0.6) is 0 Å². The number of aliphatic hydroxyl groups is 1. The Hall–Kier alpha value is -3.80. The summed E-state index contributed by atoms with van der Waals surface area (Å²) >= 11 is 1.53. The second-order valence-electron chi connectivity index (χ2n) is 9.88. The maximum Gasteiger partial charge on any atom is 0.184 e. The van der Waals surface area contributed by atoms with Gasteiger partial charge in [0.1, 0.15) is 6.23 Å². The predicted molar refractivity (Wildman–Crippen MR) is 153 cm³/mol. The van der Waals surface area contributed by atoms with Crippen LogP contribution in [0.3, 0.4) is 0 Å². The van der Waals surface area contributed by atoms with Gasteiger partial charge in [-0.3, -0.25) is 4.98 Å². The predicted octanol–water partition coefficient (Wildman–Crippen LogP) is 7.38. The highest BCUT2D eigenvalue weighted by molar-refractivity contribution is 7.13. The topological polar surface area (TPSA) is 58.0 Å². The molecular formula is C32H31N3OS. The van der Waals surface area contributed by atoms with Gasteiger partial charge in [-0.05, 0) is 39.9 Å². The van der Waals surface area contributed by atoms with Gasteiger partial charge < -0.3 is 10.4 Å². The van der Waals surface area contributed by atoms with Gasteiger partial charge in [-0.25, -0.2) is 4.98 Å². The third-order valence-electron chi connectivity index (χ3n) is 6.88. The first kappa shape index (κ1) is 24.9. The Morgan fingerprint density at radius 1 is 0.784 bits per heavy atom. The standard InChI is InChI=1S/C32H31N3OS/c1-32(2,29(26-9-5-3-6-10-26)27-11-7-4-8-12-27)30(36)35-31-34-28(22-37-31)21-23-13-15-24(16-14-23)25-17-19-33-20-18-25/h3-20,22,29-30,36H,21H2,1-2H3,(H,34,35). The smallest absolute Gasteiger partial charge is 0.184 e. The normalized spacial score (nSPS) is 12.4. The fraction of sp³-hybridized carbons (Fsp3) is 0.188. The summed E-state index contributed by atoms with van der Waals surface area (Å²) in [7, 11) is 0. The molecule has 4 nitrogen and oxygen atoms in total. The van der Waals surface area contributed by atoms with E-state index < -0.39 is 11.6 Å². The summed E-state index contributed by atoms with van der Waals surface area (Å²) in [6, 6.07) is 33.4.